The van der Waals surface area contributed by atoms with Crippen LogP contribution in [0.1, 0.15) is 10.9 Å². The predicted molar refractivity (Wildman–Crippen MR) is 55.8 cm³/mol. The largest absolute Gasteiger partial charge is 0.383 e. The minimum atomic E-state index is 0.0342. The Morgan fingerprint density at radius 3 is 3.00 bits per heavy atom. The van der Waals surface area contributed by atoms with Gasteiger partial charge in [0, 0.05) is 15.6 Å². The van der Waals surface area contributed by atoms with Gasteiger partial charge in [-0.2, -0.15) is 0 Å². The quantitative estimate of drug-likeness (QED) is 0.861. The van der Waals surface area contributed by atoms with Crippen molar-refractivity contribution < 1.29 is 4.74 Å². The first-order valence-electron chi connectivity index (χ1n) is 3.23. The number of ether oxygens (including phenoxy) is 1. The summed E-state index contributed by atoms with van der Waals surface area (Å²) in [5, 5.41) is 2.05. The van der Waals surface area contributed by atoms with E-state index in [0.717, 1.165) is 0 Å². The summed E-state index contributed by atoms with van der Waals surface area (Å²) >= 11 is 3.97. The molecule has 0 aliphatic carbocycles. The molecule has 1 atom stereocenters. The standard InChI is InChI=1S/C7H10INOS/c1-10-4-6(9)7-5(8)2-3-11-7/h2-3,6H,4,9H2,1H3/t6-/m0/s1. The number of halogens is 1. The van der Waals surface area contributed by atoms with Crippen molar-refractivity contribution in [2.24, 2.45) is 5.73 Å². The molecule has 4 heteroatoms. The second kappa shape index (κ2) is 4.39. The Kier molecular flexibility index (Phi) is 3.77. The lowest BCUT2D eigenvalue weighted by molar-refractivity contribution is 0.181. The van der Waals surface area contributed by atoms with Gasteiger partial charge in [-0.15, -0.1) is 11.3 Å². The molecule has 1 aromatic heterocycles. The zero-order chi connectivity index (χ0) is 8.27. The number of hydrogen-bond donors (Lipinski definition) is 1. The molecule has 62 valence electrons. The first-order valence-corrected chi connectivity index (χ1v) is 5.19. The number of thiophene rings is 1. The summed E-state index contributed by atoms with van der Waals surface area (Å²) in [5.41, 5.74) is 5.83. The van der Waals surface area contributed by atoms with E-state index in [1.54, 1.807) is 18.4 Å². The topological polar surface area (TPSA) is 35.2 Å². The third kappa shape index (κ3) is 2.40. The van der Waals surface area contributed by atoms with Crippen LogP contribution in [0.15, 0.2) is 11.4 Å². The van der Waals surface area contributed by atoms with Crippen LogP contribution in [-0.4, -0.2) is 13.7 Å². The summed E-state index contributed by atoms with van der Waals surface area (Å²) in [6.07, 6.45) is 0. The highest BCUT2D eigenvalue weighted by molar-refractivity contribution is 14.1. The highest BCUT2D eigenvalue weighted by atomic mass is 127. The average Bonchev–Trinajstić information content (AvgIpc) is 2.36. The highest BCUT2D eigenvalue weighted by Gasteiger charge is 2.09. The maximum atomic E-state index is 5.83. The van der Waals surface area contributed by atoms with E-state index in [0.29, 0.717) is 6.61 Å². The van der Waals surface area contributed by atoms with Crippen molar-refractivity contribution in [1.82, 2.24) is 0 Å². The minimum absolute atomic E-state index is 0.0342. The Labute approximate surface area is 83.9 Å². The number of methoxy groups -OCH3 is 1. The Bertz CT molecular complexity index is 226. The summed E-state index contributed by atoms with van der Waals surface area (Å²) in [6.45, 7) is 0.594. The van der Waals surface area contributed by atoms with E-state index in [4.69, 9.17) is 10.5 Å². The molecule has 0 bridgehead atoms. The molecular weight excluding hydrogens is 273 g/mol. The van der Waals surface area contributed by atoms with Crippen LogP contribution < -0.4 is 5.73 Å². The van der Waals surface area contributed by atoms with E-state index < -0.39 is 0 Å². The molecule has 0 spiro atoms. The number of hydrogen-bond acceptors (Lipinski definition) is 3. The fraction of sp³-hybridized carbons (Fsp3) is 0.429. The summed E-state index contributed by atoms with van der Waals surface area (Å²) in [7, 11) is 1.67. The van der Waals surface area contributed by atoms with Gasteiger partial charge in [0.1, 0.15) is 0 Å². The van der Waals surface area contributed by atoms with E-state index >= 15 is 0 Å². The summed E-state index contributed by atoms with van der Waals surface area (Å²) in [5.74, 6) is 0. The maximum Gasteiger partial charge on any atom is 0.0663 e. The molecule has 1 heterocycles. The molecule has 0 aliphatic heterocycles. The molecular formula is C7H10INOS. The van der Waals surface area contributed by atoms with Gasteiger partial charge in [0.15, 0.2) is 0 Å². The van der Waals surface area contributed by atoms with Crippen LogP contribution in [0, 0.1) is 3.57 Å². The smallest absolute Gasteiger partial charge is 0.0663 e. The zero-order valence-corrected chi connectivity index (χ0v) is 9.18. The average molecular weight is 283 g/mol. The Hall–Kier alpha value is 0.350. The molecule has 1 aromatic rings. The van der Waals surface area contributed by atoms with Crippen molar-refractivity contribution in [1.29, 1.82) is 0 Å². The SMILES string of the molecule is COC[C@H](N)c1sccc1I. The molecule has 0 unspecified atom stereocenters. The second-order valence-corrected chi connectivity index (χ2v) is 4.30. The van der Waals surface area contributed by atoms with Crippen molar-refractivity contribution in [3.8, 4) is 0 Å². The van der Waals surface area contributed by atoms with Crippen LogP contribution in [0.3, 0.4) is 0 Å². The number of rotatable bonds is 3. The molecule has 0 aromatic carbocycles. The van der Waals surface area contributed by atoms with Gasteiger partial charge in [0.2, 0.25) is 0 Å². The molecule has 11 heavy (non-hydrogen) atoms. The van der Waals surface area contributed by atoms with Gasteiger partial charge in [-0.1, -0.05) is 0 Å². The van der Waals surface area contributed by atoms with Crippen molar-refractivity contribution in [2.75, 3.05) is 13.7 Å². The first-order chi connectivity index (χ1) is 5.25. The normalized spacial score (nSPS) is 13.4. The second-order valence-electron chi connectivity index (χ2n) is 2.19. The van der Waals surface area contributed by atoms with E-state index in [2.05, 4.69) is 28.7 Å². The molecule has 0 radical (unpaired) electrons. The Morgan fingerprint density at radius 1 is 1.82 bits per heavy atom. The first kappa shape index (κ1) is 9.44. The van der Waals surface area contributed by atoms with Gasteiger partial charge in [-0.05, 0) is 34.0 Å². The number of nitrogens with two attached hydrogens (primary N) is 1. The third-order valence-corrected chi connectivity index (χ3v) is 3.68. The fourth-order valence-electron chi connectivity index (χ4n) is 0.825. The van der Waals surface area contributed by atoms with Gasteiger partial charge >= 0.3 is 0 Å². The van der Waals surface area contributed by atoms with Crippen LogP contribution in [0.4, 0.5) is 0 Å². The molecule has 0 aliphatic rings. The predicted octanol–water partition coefficient (Wildman–Crippen LogP) is 2.00. The van der Waals surface area contributed by atoms with Crippen LogP contribution in [0.2, 0.25) is 0 Å². The highest BCUT2D eigenvalue weighted by Crippen LogP contribution is 2.24. The van der Waals surface area contributed by atoms with E-state index in [-0.39, 0.29) is 6.04 Å². The van der Waals surface area contributed by atoms with Gasteiger partial charge in [0.25, 0.3) is 0 Å². The van der Waals surface area contributed by atoms with Crippen LogP contribution in [0.25, 0.3) is 0 Å². The van der Waals surface area contributed by atoms with Crippen molar-refractivity contribution in [3.05, 3.63) is 19.9 Å². The monoisotopic (exact) mass is 283 g/mol. The Balaban J connectivity index is 2.67. The van der Waals surface area contributed by atoms with Crippen molar-refractivity contribution >= 4 is 33.9 Å². The summed E-state index contributed by atoms with van der Waals surface area (Å²) < 4.78 is 6.19. The molecule has 0 fully saturated rings. The van der Waals surface area contributed by atoms with Crippen molar-refractivity contribution in [2.45, 2.75) is 6.04 Å². The van der Waals surface area contributed by atoms with E-state index in [9.17, 15) is 0 Å². The third-order valence-electron chi connectivity index (χ3n) is 1.33. The fourth-order valence-corrected chi connectivity index (χ4v) is 2.80. The molecule has 1 rings (SSSR count). The summed E-state index contributed by atoms with van der Waals surface area (Å²) in [4.78, 5) is 1.22. The van der Waals surface area contributed by atoms with E-state index in [1.807, 2.05) is 5.38 Å². The molecule has 2 N–H and O–H groups in total. The lowest BCUT2D eigenvalue weighted by atomic mass is 10.3. The minimum Gasteiger partial charge on any atom is -0.383 e. The molecule has 2 nitrogen and oxygen atoms in total. The van der Waals surface area contributed by atoms with Gasteiger partial charge in [-0.3, -0.25) is 0 Å². The lowest BCUT2D eigenvalue weighted by Gasteiger charge is -2.07. The molecule has 0 saturated carbocycles. The summed E-state index contributed by atoms with van der Waals surface area (Å²) in [6, 6.07) is 2.10. The molecule has 0 saturated heterocycles. The van der Waals surface area contributed by atoms with E-state index in [1.165, 1.54) is 8.45 Å². The van der Waals surface area contributed by atoms with Gasteiger partial charge in [-0.25, -0.2) is 0 Å². The zero-order valence-electron chi connectivity index (χ0n) is 6.21. The van der Waals surface area contributed by atoms with Gasteiger partial charge in [0.05, 0.1) is 12.6 Å². The van der Waals surface area contributed by atoms with Crippen LogP contribution in [-0.2, 0) is 4.74 Å². The van der Waals surface area contributed by atoms with Crippen molar-refractivity contribution in [3.63, 3.8) is 0 Å². The molecule has 0 amide bonds. The lowest BCUT2D eigenvalue weighted by Crippen LogP contribution is -2.15. The Morgan fingerprint density at radius 2 is 2.55 bits per heavy atom. The van der Waals surface area contributed by atoms with Crippen LogP contribution in [0.5, 0.6) is 0 Å². The van der Waals surface area contributed by atoms with Crippen LogP contribution >= 0.6 is 33.9 Å². The van der Waals surface area contributed by atoms with Gasteiger partial charge < -0.3 is 10.5 Å². The maximum absolute atomic E-state index is 5.83.